The molecule has 2 aromatic carbocycles. The third-order valence-electron chi connectivity index (χ3n) is 4.66. The van der Waals surface area contributed by atoms with Gasteiger partial charge < -0.3 is 15.0 Å². The van der Waals surface area contributed by atoms with Gasteiger partial charge in [0, 0.05) is 36.2 Å². The fourth-order valence-electron chi connectivity index (χ4n) is 3.12. The number of thioether (sulfide) groups is 1. The molecule has 1 heterocycles. The topological polar surface area (TPSA) is 66.5 Å². The molecule has 0 spiro atoms. The normalized spacial score (nSPS) is 14.0. The summed E-state index contributed by atoms with van der Waals surface area (Å²) in [7, 11) is 1.56. The second-order valence-electron chi connectivity index (χ2n) is 6.44. The van der Waals surface area contributed by atoms with Crippen LogP contribution in [0.4, 0.5) is 0 Å². The van der Waals surface area contributed by atoms with E-state index in [9.17, 15) is 14.4 Å². The van der Waals surface area contributed by atoms with E-state index in [4.69, 9.17) is 0 Å². The van der Waals surface area contributed by atoms with E-state index < -0.39 is 6.04 Å². The van der Waals surface area contributed by atoms with Gasteiger partial charge in [-0.3, -0.25) is 9.59 Å². The summed E-state index contributed by atoms with van der Waals surface area (Å²) in [5, 5.41) is 2.54. The molecule has 1 atom stereocenters. The van der Waals surface area contributed by atoms with E-state index in [2.05, 4.69) is 17.4 Å². The molecule has 140 valence electrons. The minimum Gasteiger partial charge on any atom is -0.359 e. The zero-order chi connectivity index (χ0) is 19.2. The van der Waals surface area contributed by atoms with Crippen LogP contribution in [-0.4, -0.2) is 36.1 Å². The van der Waals surface area contributed by atoms with Crippen molar-refractivity contribution in [1.29, 1.82) is 0 Å². The number of hydrogen-bond donors (Lipinski definition) is 1. The summed E-state index contributed by atoms with van der Waals surface area (Å²) in [5.74, 6) is 0.588. The molecule has 0 bridgehead atoms. The smallest absolute Gasteiger partial charge is 0.255 e. The zero-order valence-corrected chi connectivity index (χ0v) is 16.0. The van der Waals surface area contributed by atoms with E-state index in [0.717, 1.165) is 22.5 Å². The Bertz CT molecular complexity index is 839. The van der Waals surface area contributed by atoms with Gasteiger partial charge in [0.15, 0.2) is 0 Å². The summed E-state index contributed by atoms with van der Waals surface area (Å²) < 4.78 is 0. The lowest BCUT2D eigenvalue weighted by atomic mass is 10.1. The molecule has 1 unspecified atom stereocenters. The molecule has 27 heavy (non-hydrogen) atoms. The van der Waals surface area contributed by atoms with E-state index in [1.165, 1.54) is 5.56 Å². The van der Waals surface area contributed by atoms with Crippen LogP contribution in [0.1, 0.15) is 34.3 Å². The second kappa shape index (κ2) is 8.86. The SMILES string of the molecule is CNC(=O)CCC(C=O)N1Cc2cc(SCc3ccccc3)ccc2C1=O. The molecule has 3 rings (SSSR count). The minimum atomic E-state index is -0.581. The third-order valence-corrected chi connectivity index (χ3v) is 5.73. The molecule has 2 aromatic rings. The van der Waals surface area contributed by atoms with Gasteiger partial charge in [-0.15, -0.1) is 11.8 Å². The molecule has 0 aliphatic carbocycles. The van der Waals surface area contributed by atoms with Gasteiger partial charge in [-0.05, 0) is 35.7 Å². The van der Waals surface area contributed by atoms with Gasteiger partial charge in [-0.2, -0.15) is 0 Å². The maximum atomic E-state index is 12.7. The molecular formula is C21H22N2O3S. The molecule has 0 saturated carbocycles. The Labute approximate surface area is 163 Å². The van der Waals surface area contributed by atoms with Crippen molar-refractivity contribution in [2.45, 2.75) is 36.1 Å². The standard InChI is InChI=1S/C21H22N2O3S/c1-22-20(25)10-7-17(13-24)23-12-16-11-18(8-9-19(16)21(23)26)27-14-15-5-3-2-4-6-15/h2-6,8-9,11,13,17H,7,10,12,14H2,1H3,(H,22,25). The fourth-order valence-corrected chi connectivity index (χ4v) is 4.04. The van der Waals surface area contributed by atoms with Gasteiger partial charge in [0.05, 0.1) is 6.04 Å². The summed E-state index contributed by atoms with van der Waals surface area (Å²) in [5.41, 5.74) is 2.83. The van der Waals surface area contributed by atoms with Gasteiger partial charge in [-0.1, -0.05) is 30.3 Å². The van der Waals surface area contributed by atoms with E-state index in [0.29, 0.717) is 18.5 Å². The van der Waals surface area contributed by atoms with Crippen LogP contribution < -0.4 is 5.32 Å². The van der Waals surface area contributed by atoms with Crippen LogP contribution in [0.15, 0.2) is 53.4 Å². The Hall–Kier alpha value is -2.60. The zero-order valence-electron chi connectivity index (χ0n) is 15.2. The Kier molecular flexibility index (Phi) is 6.29. The molecule has 5 nitrogen and oxygen atoms in total. The first-order chi connectivity index (χ1) is 13.1. The third kappa shape index (κ3) is 4.57. The number of aldehydes is 1. The second-order valence-corrected chi connectivity index (χ2v) is 7.49. The first-order valence-electron chi connectivity index (χ1n) is 8.89. The van der Waals surface area contributed by atoms with Crippen molar-refractivity contribution in [2.75, 3.05) is 7.05 Å². The quantitative estimate of drug-likeness (QED) is 0.563. The van der Waals surface area contributed by atoms with Crippen LogP contribution in [0.3, 0.4) is 0 Å². The summed E-state index contributed by atoms with van der Waals surface area (Å²) in [6.45, 7) is 0.408. The average molecular weight is 382 g/mol. The van der Waals surface area contributed by atoms with Crippen molar-refractivity contribution in [1.82, 2.24) is 10.2 Å². The van der Waals surface area contributed by atoms with Crippen molar-refractivity contribution in [3.05, 3.63) is 65.2 Å². The fraction of sp³-hybridized carbons (Fsp3) is 0.286. The Morgan fingerprint density at radius 2 is 2.04 bits per heavy atom. The molecule has 2 amide bonds. The summed E-state index contributed by atoms with van der Waals surface area (Å²) in [6, 6.07) is 15.5. The molecule has 6 heteroatoms. The molecule has 0 fully saturated rings. The predicted molar refractivity (Wildman–Crippen MR) is 105 cm³/mol. The van der Waals surface area contributed by atoms with E-state index in [1.807, 2.05) is 36.4 Å². The van der Waals surface area contributed by atoms with Gasteiger partial charge in [-0.25, -0.2) is 0 Å². The van der Waals surface area contributed by atoms with Gasteiger partial charge in [0.1, 0.15) is 6.29 Å². The highest BCUT2D eigenvalue weighted by Gasteiger charge is 2.32. The molecule has 0 radical (unpaired) electrons. The lowest BCUT2D eigenvalue weighted by Crippen LogP contribution is -2.37. The maximum Gasteiger partial charge on any atom is 0.255 e. The Morgan fingerprint density at radius 3 is 2.74 bits per heavy atom. The Balaban J connectivity index is 1.67. The minimum absolute atomic E-state index is 0.134. The number of hydrogen-bond acceptors (Lipinski definition) is 4. The highest BCUT2D eigenvalue weighted by Crippen LogP contribution is 2.31. The summed E-state index contributed by atoms with van der Waals surface area (Å²) in [4.78, 5) is 38.3. The monoisotopic (exact) mass is 382 g/mol. The molecular weight excluding hydrogens is 360 g/mol. The first kappa shape index (κ1) is 19.2. The van der Waals surface area contributed by atoms with E-state index in [1.54, 1.807) is 23.7 Å². The number of benzene rings is 2. The number of nitrogens with zero attached hydrogens (tertiary/aromatic N) is 1. The number of carbonyl (C=O) groups excluding carboxylic acids is 3. The largest absolute Gasteiger partial charge is 0.359 e. The lowest BCUT2D eigenvalue weighted by molar-refractivity contribution is -0.121. The van der Waals surface area contributed by atoms with E-state index >= 15 is 0 Å². The molecule has 0 aromatic heterocycles. The highest BCUT2D eigenvalue weighted by atomic mass is 32.2. The Morgan fingerprint density at radius 1 is 1.26 bits per heavy atom. The first-order valence-corrected chi connectivity index (χ1v) is 9.87. The molecule has 1 aliphatic heterocycles. The van der Waals surface area contributed by atoms with Crippen LogP contribution in [0, 0.1) is 0 Å². The van der Waals surface area contributed by atoms with Crippen LogP contribution in [0.2, 0.25) is 0 Å². The van der Waals surface area contributed by atoms with Gasteiger partial charge in [0.2, 0.25) is 5.91 Å². The number of amides is 2. The maximum absolute atomic E-state index is 12.7. The lowest BCUT2D eigenvalue weighted by Gasteiger charge is -2.22. The van der Waals surface area contributed by atoms with Gasteiger partial charge >= 0.3 is 0 Å². The van der Waals surface area contributed by atoms with Crippen molar-refractivity contribution in [3.63, 3.8) is 0 Å². The number of rotatable bonds is 8. The van der Waals surface area contributed by atoms with Crippen molar-refractivity contribution >= 4 is 29.9 Å². The molecule has 0 saturated heterocycles. The molecule has 1 N–H and O–H groups in total. The van der Waals surface area contributed by atoms with Crippen LogP contribution in [0.5, 0.6) is 0 Å². The molecule has 1 aliphatic rings. The van der Waals surface area contributed by atoms with Crippen molar-refractivity contribution in [3.8, 4) is 0 Å². The van der Waals surface area contributed by atoms with E-state index in [-0.39, 0.29) is 18.2 Å². The average Bonchev–Trinajstić information content (AvgIpc) is 3.03. The van der Waals surface area contributed by atoms with Crippen LogP contribution >= 0.6 is 11.8 Å². The van der Waals surface area contributed by atoms with Gasteiger partial charge in [0.25, 0.3) is 5.91 Å². The van der Waals surface area contributed by atoms with Crippen LogP contribution in [-0.2, 0) is 21.9 Å². The number of fused-ring (bicyclic) bond motifs is 1. The predicted octanol–water partition coefficient (Wildman–Crippen LogP) is 3.03. The number of carbonyl (C=O) groups is 3. The number of nitrogens with one attached hydrogen (secondary N) is 1. The highest BCUT2D eigenvalue weighted by molar-refractivity contribution is 7.98. The summed E-state index contributed by atoms with van der Waals surface area (Å²) >= 11 is 1.72. The van der Waals surface area contributed by atoms with Crippen LogP contribution in [0.25, 0.3) is 0 Å². The van der Waals surface area contributed by atoms with Crippen molar-refractivity contribution < 1.29 is 14.4 Å². The van der Waals surface area contributed by atoms with Crippen molar-refractivity contribution in [2.24, 2.45) is 0 Å². The summed E-state index contributed by atoms with van der Waals surface area (Å²) in [6.07, 6.45) is 1.31.